The van der Waals surface area contributed by atoms with E-state index in [1.165, 1.54) is 5.56 Å². The van der Waals surface area contributed by atoms with Crippen molar-refractivity contribution < 1.29 is 8.78 Å². The number of halogens is 2. The number of hydrogen-bond acceptors (Lipinski definition) is 2. The standard InChI is InChI=1S/C12H14F2N2/c1-8-2-3-9-6-15-16(11(9)4-8)7-10-5-12(10,13)14/h2-4,10,15H,5-7H2,1H3. The van der Waals surface area contributed by atoms with Crippen LogP contribution in [0.15, 0.2) is 18.2 Å². The van der Waals surface area contributed by atoms with Gasteiger partial charge in [0.05, 0.1) is 5.69 Å². The number of benzene rings is 1. The molecule has 1 heterocycles. The van der Waals surface area contributed by atoms with Gasteiger partial charge in [-0.25, -0.2) is 14.2 Å². The lowest BCUT2D eigenvalue weighted by Gasteiger charge is -2.19. The summed E-state index contributed by atoms with van der Waals surface area (Å²) in [6.07, 6.45) is 0.0341. The molecule has 1 aromatic carbocycles. The SMILES string of the molecule is Cc1ccc2c(c1)N(CC1CC1(F)F)NC2. The van der Waals surface area contributed by atoms with E-state index >= 15 is 0 Å². The first-order valence-electron chi connectivity index (χ1n) is 5.55. The molecule has 4 heteroatoms. The lowest BCUT2D eigenvalue weighted by Crippen LogP contribution is -2.34. The molecule has 1 aromatic rings. The monoisotopic (exact) mass is 224 g/mol. The Bertz CT molecular complexity index is 431. The van der Waals surface area contributed by atoms with Crippen LogP contribution in [0.25, 0.3) is 0 Å². The molecule has 2 nitrogen and oxygen atoms in total. The number of nitrogens with zero attached hydrogens (tertiary/aromatic N) is 1. The van der Waals surface area contributed by atoms with E-state index in [1.807, 2.05) is 11.9 Å². The number of rotatable bonds is 2. The van der Waals surface area contributed by atoms with Crippen molar-refractivity contribution in [2.24, 2.45) is 5.92 Å². The van der Waals surface area contributed by atoms with Crippen LogP contribution in [0.2, 0.25) is 0 Å². The first-order valence-corrected chi connectivity index (χ1v) is 5.55. The Kier molecular flexibility index (Phi) is 1.98. The average Bonchev–Trinajstić information content (AvgIpc) is 2.65. The van der Waals surface area contributed by atoms with Gasteiger partial charge in [0.1, 0.15) is 0 Å². The minimum Gasteiger partial charge on any atom is -0.307 e. The molecule has 1 saturated carbocycles. The Hall–Kier alpha value is -1.16. The summed E-state index contributed by atoms with van der Waals surface area (Å²) in [7, 11) is 0. The molecule has 16 heavy (non-hydrogen) atoms. The zero-order valence-corrected chi connectivity index (χ0v) is 9.13. The van der Waals surface area contributed by atoms with Crippen LogP contribution in [0.1, 0.15) is 17.5 Å². The number of fused-ring (bicyclic) bond motifs is 1. The second-order valence-electron chi connectivity index (χ2n) is 4.74. The molecule has 1 unspecified atom stereocenters. The lowest BCUT2D eigenvalue weighted by molar-refractivity contribution is 0.0996. The Balaban J connectivity index is 1.78. The van der Waals surface area contributed by atoms with Crippen molar-refractivity contribution in [3.63, 3.8) is 0 Å². The summed E-state index contributed by atoms with van der Waals surface area (Å²) in [4.78, 5) is 0. The van der Waals surface area contributed by atoms with Crippen molar-refractivity contribution in [2.45, 2.75) is 25.8 Å². The van der Waals surface area contributed by atoms with Gasteiger partial charge in [0.15, 0.2) is 0 Å². The van der Waals surface area contributed by atoms with Crippen LogP contribution in [-0.4, -0.2) is 12.5 Å². The summed E-state index contributed by atoms with van der Waals surface area (Å²) >= 11 is 0. The summed E-state index contributed by atoms with van der Waals surface area (Å²) in [5, 5.41) is 1.87. The van der Waals surface area contributed by atoms with Crippen molar-refractivity contribution in [1.29, 1.82) is 0 Å². The Morgan fingerprint density at radius 3 is 2.94 bits per heavy atom. The van der Waals surface area contributed by atoms with Crippen molar-refractivity contribution >= 4 is 5.69 Å². The molecule has 1 N–H and O–H groups in total. The molecule has 0 radical (unpaired) electrons. The number of aryl methyl sites for hydroxylation is 1. The first kappa shape index (κ1) is 10.0. The molecule has 0 bridgehead atoms. The summed E-state index contributed by atoms with van der Waals surface area (Å²) in [5.41, 5.74) is 6.57. The maximum absolute atomic E-state index is 12.9. The molecule has 2 aliphatic rings. The Labute approximate surface area is 93.2 Å². The molecule has 1 atom stereocenters. The van der Waals surface area contributed by atoms with E-state index in [4.69, 9.17) is 0 Å². The van der Waals surface area contributed by atoms with Crippen molar-refractivity contribution in [3.05, 3.63) is 29.3 Å². The predicted octanol–water partition coefficient (Wildman–Crippen LogP) is 2.47. The summed E-state index contributed by atoms with van der Waals surface area (Å²) < 4.78 is 25.7. The average molecular weight is 224 g/mol. The Morgan fingerprint density at radius 2 is 2.25 bits per heavy atom. The second kappa shape index (κ2) is 3.17. The maximum Gasteiger partial charge on any atom is 0.253 e. The molecule has 1 aliphatic carbocycles. The van der Waals surface area contributed by atoms with E-state index in [9.17, 15) is 8.78 Å². The highest BCUT2D eigenvalue weighted by Gasteiger charge is 2.57. The van der Waals surface area contributed by atoms with Crippen molar-refractivity contribution in [3.8, 4) is 0 Å². The minimum absolute atomic E-state index is 0.0341. The molecule has 0 spiro atoms. The van der Waals surface area contributed by atoms with Gasteiger partial charge in [-0.2, -0.15) is 0 Å². The second-order valence-corrected chi connectivity index (χ2v) is 4.74. The van der Waals surface area contributed by atoms with Crippen LogP contribution in [0, 0.1) is 12.8 Å². The third-order valence-electron chi connectivity index (χ3n) is 3.35. The Morgan fingerprint density at radius 1 is 1.50 bits per heavy atom. The lowest BCUT2D eigenvalue weighted by atomic mass is 10.1. The molecule has 1 fully saturated rings. The van der Waals surface area contributed by atoms with Crippen LogP contribution in [0.5, 0.6) is 0 Å². The van der Waals surface area contributed by atoms with Gasteiger partial charge in [-0.3, -0.25) is 0 Å². The molecule has 0 aromatic heterocycles. The molecule has 1 aliphatic heterocycles. The molecular weight excluding hydrogens is 210 g/mol. The normalized spacial score (nSPS) is 25.7. The van der Waals surface area contributed by atoms with E-state index < -0.39 is 11.8 Å². The fraction of sp³-hybridized carbons (Fsp3) is 0.500. The number of anilines is 1. The van der Waals surface area contributed by atoms with E-state index in [-0.39, 0.29) is 6.42 Å². The summed E-state index contributed by atoms with van der Waals surface area (Å²) in [6.45, 7) is 3.17. The number of nitrogens with one attached hydrogen (secondary N) is 1. The topological polar surface area (TPSA) is 15.3 Å². The number of hydrazine groups is 1. The van der Waals surface area contributed by atoms with Gasteiger partial charge in [0.25, 0.3) is 5.92 Å². The highest BCUT2D eigenvalue weighted by atomic mass is 19.3. The van der Waals surface area contributed by atoms with Gasteiger partial charge in [0.2, 0.25) is 0 Å². The van der Waals surface area contributed by atoms with Gasteiger partial charge in [-0.05, 0) is 24.1 Å². The van der Waals surface area contributed by atoms with Gasteiger partial charge in [0, 0.05) is 25.4 Å². The van der Waals surface area contributed by atoms with Crippen LogP contribution < -0.4 is 10.4 Å². The van der Waals surface area contributed by atoms with Crippen LogP contribution >= 0.6 is 0 Å². The quantitative estimate of drug-likeness (QED) is 0.830. The van der Waals surface area contributed by atoms with E-state index in [1.54, 1.807) is 0 Å². The number of alkyl halides is 2. The first-order chi connectivity index (χ1) is 7.56. The van der Waals surface area contributed by atoms with Crippen LogP contribution in [0.4, 0.5) is 14.5 Å². The smallest absolute Gasteiger partial charge is 0.253 e. The van der Waals surface area contributed by atoms with E-state index in [0.29, 0.717) is 6.54 Å². The summed E-state index contributed by atoms with van der Waals surface area (Å²) in [6, 6.07) is 6.16. The van der Waals surface area contributed by atoms with Crippen LogP contribution in [0.3, 0.4) is 0 Å². The van der Waals surface area contributed by atoms with E-state index in [2.05, 4.69) is 23.6 Å². The minimum atomic E-state index is -2.44. The zero-order chi connectivity index (χ0) is 11.3. The van der Waals surface area contributed by atoms with Gasteiger partial charge in [-0.15, -0.1) is 0 Å². The zero-order valence-electron chi connectivity index (χ0n) is 9.13. The molecular formula is C12H14F2N2. The van der Waals surface area contributed by atoms with Crippen molar-refractivity contribution in [1.82, 2.24) is 5.43 Å². The van der Waals surface area contributed by atoms with Gasteiger partial charge < -0.3 is 5.01 Å². The third-order valence-corrected chi connectivity index (χ3v) is 3.35. The third kappa shape index (κ3) is 1.57. The molecule has 86 valence electrons. The van der Waals surface area contributed by atoms with Gasteiger partial charge >= 0.3 is 0 Å². The summed E-state index contributed by atoms with van der Waals surface area (Å²) in [5.74, 6) is -2.92. The van der Waals surface area contributed by atoms with E-state index in [0.717, 1.165) is 17.8 Å². The van der Waals surface area contributed by atoms with Gasteiger partial charge in [-0.1, -0.05) is 12.1 Å². The number of hydrogen-bond donors (Lipinski definition) is 1. The van der Waals surface area contributed by atoms with Crippen LogP contribution in [-0.2, 0) is 6.54 Å². The predicted molar refractivity (Wildman–Crippen MR) is 58.4 cm³/mol. The molecule has 3 rings (SSSR count). The highest BCUT2D eigenvalue weighted by molar-refractivity contribution is 5.57. The molecule has 0 saturated heterocycles. The molecule has 0 amide bonds. The highest BCUT2D eigenvalue weighted by Crippen LogP contribution is 2.49. The van der Waals surface area contributed by atoms with Crippen molar-refractivity contribution in [2.75, 3.05) is 11.6 Å². The maximum atomic E-state index is 12.9. The largest absolute Gasteiger partial charge is 0.307 e. The fourth-order valence-electron chi connectivity index (χ4n) is 2.19. The fourth-order valence-corrected chi connectivity index (χ4v) is 2.19.